The number of carbonyl (C=O) groups excluding carboxylic acids is 1. The second-order valence-electron chi connectivity index (χ2n) is 5.38. The van der Waals surface area contributed by atoms with Crippen molar-refractivity contribution in [3.05, 3.63) is 29.8 Å². The summed E-state index contributed by atoms with van der Waals surface area (Å²) >= 11 is 0. The first-order valence-electron chi connectivity index (χ1n) is 7.23. The summed E-state index contributed by atoms with van der Waals surface area (Å²) in [6.07, 6.45) is -5.09. The van der Waals surface area contributed by atoms with Gasteiger partial charge in [0.2, 0.25) is 12.2 Å². The molecule has 1 saturated heterocycles. The Labute approximate surface area is 137 Å². The van der Waals surface area contributed by atoms with Crippen LogP contribution >= 0.6 is 0 Å². The zero-order valence-electron chi connectivity index (χ0n) is 12.8. The van der Waals surface area contributed by atoms with Crippen LogP contribution in [0.25, 0.3) is 0 Å². The van der Waals surface area contributed by atoms with Crippen LogP contribution in [0.15, 0.2) is 24.3 Å². The van der Waals surface area contributed by atoms with Gasteiger partial charge in [0.25, 0.3) is 0 Å². The number of nitrogens with one attached hydrogen (secondary N) is 1. The summed E-state index contributed by atoms with van der Waals surface area (Å²) in [6, 6.07) is 4.36. The van der Waals surface area contributed by atoms with Gasteiger partial charge in [0.05, 0.1) is 12.2 Å². The number of carboxylic acids is 1. The van der Waals surface area contributed by atoms with Crippen molar-refractivity contribution in [3.8, 4) is 5.75 Å². The molecule has 1 aromatic carbocycles. The molecule has 132 valence electrons. The van der Waals surface area contributed by atoms with Crippen molar-refractivity contribution in [2.45, 2.75) is 37.6 Å². The summed E-state index contributed by atoms with van der Waals surface area (Å²) in [4.78, 5) is 22.1. The Hall–Kier alpha value is -2.20. The van der Waals surface area contributed by atoms with E-state index < -0.39 is 49.1 Å². The third-order valence-corrected chi connectivity index (χ3v) is 3.60. The van der Waals surface area contributed by atoms with Crippen LogP contribution in [0, 0.1) is 0 Å². The molecule has 5 atom stereocenters. The highest BCUT2D eigenvalue weighted by Gasteiger charge is 2.46. The number of benzene rings is 1. The molecule has 0 aliphatic carbocycles. The quantitative estimate of drug-likeness (QED) is 0.445. The number of rotatable bonds is 5. The van der Waals surface area contributed by atoms with Gasteiger partial charge >= 0.3 is 5.97 Å². The smallest absolute Gasteiger partial charge is 0.335 e. The van der Waals surface area contributed by atoms with Crippen LogP contribution in [-0.4, -0.2) is 69.6 Å². The fourth-order valence-electron chi connectivity index (χ4n) is 2.38. The highest BCUT2D eigenvalue weighted by atomic mass is 16.7. The Balaban J connectivity index is 2.19. The predicted octanol–water partition coefficient (Wildman–Crippen LogP) is -1.29. The molecule has 0 saturated carbocycles. The van der Waals surface area contributed by atoms with Crippen LogP contribution in [0.4, 0.5) is 0 Å². The third-order valence-electron chi connectivity index (χ3n) is 3.60. The van der Waals surface area contributed by atoms with E-state index in [9.17, 15) is 24.9 Å². The van der Waals surface area contributed by atoms with Crippen molar-refractivity contribution in [3.63, 3.8) is 0 Å². The summed E-state index contributed by atoms with van der Waals surface area (Å²) in [7, 11) is 0. The average molecular weight is 341 g/mol. The molecule has 9 nitrogen and oxygen atoms in total. The van der Waals surface area contributed by atoms with Gasteiger partial charge in [-0.2, -0.15) is 0 Å². The van der Waals surface area contributed by atoms with Crippen molar-refractivity contribution < 1.29 is 39.5 Å². The molecule has 0 radical (unpaired) electrons. The van der Waals surface area contributed by atoms with E-state index in [1.807, 2.05) is 0 Å². The number of hydrogen-bond donors (Lipinski definition) is 5. The molecule has 9 heteroatoms. The number of carbonyl (C=O) groups is 2. The van der Waals surface area contributed by atoms with Crippen LogP contribution in [0.1, 0.15) is 17.3 Å². The minimum Gasteiger partial charge on any atom is -0.478 e. The minimum absolute atomic E-state index is 0.0639. The highest BCUT2D eigenvalue weighted by molar-refractivity contribution is 5.87. The number of ether oxygens (including phenoxy) is 2. The van der Waals surface area contributed by atoms with Gasteiger partial charge in [-0.15, -0.1) is 0 Å². The Bertz CT molecular complexity index is 590. The van der Waals surface area contributed by atoms with E-state index in [1.54, 1.807) is 0 Å². The molecule has 5 N–H and O–H groups in total. The monoisotopic (exact) mass is 341 g/mol. The van der Waals surface area contributed by atoms with Gasteiger partial charge in [-0.3, -0.25) is 4.79 Å². The van der Waals surface area contributed by atoms with Crippen molar-refractivity contribution in [1.29, 1.82) is 0 Å². The largest absolute Gasteiger partial charge is 0.478 e. The zero-order chi connectivity index (χ0) is 17.9. The van der Waals surface area contributed by atoms with Crippen LogP contribution in [-0.2, 0) is 9.53 Å². The topological polar surface area (TPSA) is 146 Å². The summed E-state index contributed by atoms with van der Waals surface area (Å²) in [6.45, 7) is 0.679. The van der Waals surface area contributed by atoms with E-state index in [0.29, 0.717) is 0 Å². The lowest BCUT2D eigenvalue weighted by atomic mass is 9.97. The van der Waals surface area contributed by atoms with Crippen LogP contribution in [0.5, 0.6) is 5.75 Å². The molecular weight excluding hydrogens is 322 g/mol. The number of hydrogen-bond acceptors (Lipinski definition) is 7. The molecule has 1 heterocycles. The number of carboxylic acid groups (broad SMARTS) is 1. The van der Waals surface area contributed by atoms with E-state index in [2.05, 4.69) is 5.32 Å². The molecule has 1 aliphatic rings. The van der Waals surface area contributed by atoms with Gasteiger partial charge in [-0.1, -0.05) is 0 Å². The summed E-state index contributed by atoms with van der Waals surface area (Å²) < 4.78 is 10.9. The van der Waals surface area contributed by atoms with Gasteiger partial charge < -0.3 is 35.2 Å². The molecular formula is C15H19NO8. The lowest BCUT2D eigenvalue weighted by Crippen LogP contribution is -2.65. The number of aromatic carboxylic acids is 1. The molecule has 1 aliphatic heterocycles. The molecule has 0 spiro atoms. The van der Waals surface area contributed by atoms with Crippen LogP contribution in [0.3, 0.4) is 0 Å². The van der Waals surface area contributed by atoms with Gasteiger partial charge in [-0.25, -0.2) is 4.79 Å². The second-order valence-corrected chi connectivity index (χ2v) is 5.38. The van der Waals surface area contributed by atoms with Gasteiger partial charge in [0.15, 0.2) is 0 Å². The molecule has 1 amide bonds. The maximum Gasteiger partial charge on any atom is 0.335 e. The SMILES string of the molecule is CC(=O)N[C@@H]1[C@@H](Oc2ccc(C(=O)O)cc2)O[C@H](CO)[C@H](O)[C@@H]1O. The van der Waals surface area contributed by atoms with Crippen LogP contribution < -0.4 is 10.1 Å². The van der Waals surface area contributed by atoms with Gasteiger partial charge in [-0.05, 0) is 24.3 Å². The Kier molecular flexibility index (Phi) is 5.73. The molecule has 2 rings (SSSR count). The van der Waals surface area contributed by atoms with E-state index in [4.69, 9.17) is 14.6 Å². The fourth-order valence-corrected chi connectivity index (χ4v) is 2.38. The van der Waals surface area contributed by atoms with E-state index in [0.717, 1.165) is 0 Å². The maximum absolute atomic E-state index is 11.3. The number of amides is 1. The molecule has 24 heavy (non-hydrogen) atoms. The third kappa shape index (κ3) is 4.01. The Morgan fingerprint density at radius 2 is 1.83 bits per heavy atom. The maximum atomic E-state index is 11.3. The van der Waals surface area contributed by atoms with Crippen molar-refractivity contribution in [2.75, 3.05) is 6.61 Å². The average Bonchev–Trinajstić information content (AvgIpc) is 2.54. The van der Waals surface area contributed by atoms with Crippen molar-refractivity contribution >= 4 is 11.9 Å². The number of aliphatic hydroxyl groups is 3. The normalized spacial score (nSPS) is 29.8. The Morgan fingerprint density at radius 1 is 1.21 bits per heavy atom. The predicted molar refractivity (Wildman–Crippen MR) is 79.4 cm³/mol. The van der Waals surface area contributed by atoms with E-state index >= 15 is 0 Å². The van der Waals surface area contributed by atoms with Crippen LogP contribution in [0.2, 0.25) is 0 Å². The molecule has 1 aromatic rings. The molecule has 0 unspecified atom stereocenters. The van der Waals surface area contributed by atoms with Gasteiger partial charge in [0.1, 0.15) is 30.1 Å². The molecule has 0 aromatic heterocycles. The summed E-state index contributed by atoms with van der Waals surface area (Å²) in [5.74, 6) is -1.32. The fraction of sp³-hybridized carbons (Fsp3) is 0.467. The van der Waals surface area contributed by atoms with Crippen molar-refractivity contribution in [2.24, 2.45) is 0 Å². The first kappa shape index (κ1) is 18.1. The van der Waals surface area contributed by atoms with E-state index in [-0.39, 0.29) is 11.3 Å². The lowest BCUT2D eigenvalue weighted by Gasteiger charge is -2.42. The Morgan fingerprint density at radius 3 is 2.33 bits per heavy atom. The van der Waals surface area contributed by atoms with E-state index in [1.165, 1.54) is 31.2 Å². The second kappa shape index (κ2) is 7.58. The standard InChI is InChI=1S/C15H19NO8/c1-7(18)16-11-13(20)12(19)10(6-17)24-15(11)23-9-4-2-8(3-5-9)14(21)22/h2-5,10-13,15,17,19-20H,6H2,1H3,(H,16,18)(H,21,22)/t10-,11+,12+,13-,15+/m1/s1. The zero-order valence-corrected chi connectivity index (χ0v) is 12.8. The molecule has 1 fully saturated rings. The minimum atomic E-state index is -1.41. The lowest BCUT2D eigenvalue weighted by molar-refractivity contribution is -0.244. The first-order valence-corrected chi connectivity index (χ1v) is 7.23. The van der Waals surface area contributed by atoms with Crippen molar-refractivity contribution in [1.82, 2.24) is 5.32 Å². The summed E-state index contributed by atoms with van der Waals surface area (Å²) in [5.41, 5.74) is 0.0639. The highest BCUT2D eigenvalue weighted by Crippen LogP contribution is 2.24. The van der Waals surface area contributed by atoms with Gasteiger partial charge in [0, 0.05) is 6.92 Å². The molecule has 0 bridgehead atoms. The number of aliphatic hydroxyl groups excluding tert-OH is 3. The summed E-state index contributed by atoms with van der Waals surface area (Å²) in [5, 5.41) is 40.6. The first-order chi connectivity index (χ1) is 11.3.